The van der Waals surface area contributed by atoms with Crippen LogP contribution in [0.2, 0.25) is 0 Å². The van der Waals surface area contributed by atoms with E-state index in [0.717, 1.165) is 12.8 Å². The Balaban J connectivity index is -0.000000500. The van der Waals surface area contributed by atoms with Crippen LogP contribution >= 0.6 is 0 Å². The van der Waals surface area contributed by atoms with Gasteiger partial charge in [-0.05, 0) is 12.8 Å². The molecule has 0 aliphatic heterocycles. The second kappa shape index (κ2) is 9.23. The molecule has 0 unspecified atom stereocenters. The first kappa shape index (κ1) is 14.7. The standard InChI is InChI=1S/C8H14O3.Na.H/c1-3-5-7(9)11-8(10)6-4-2;;/h3-6H2,1-2H3;;/q;+1;-1. The van der Waals surface area contributed by atoms with E-state index in [9.17, 15) is 9.59 Å². The van der Waals surface area contributed by atoms with Gasteiger partial charge in [-0.25, -0.2) is 0 Å². The molecule has 66 valence electrons. The van der Waals surface area contributed by atoms with Crippen molar-refractivity contribution in [2.75, 3.05) is 0 Å². The molecule has 0 aromatic rings. The van der Waals surface area contributed by atoms with Gasteiger partial charge in [0, 0.05) is 12.8 Å². The van der Waals surface area contributed by atoms with Gasteiger partial charge in [-0.1, -0.05) is 13.8 Å². The zero-order valence-corrected chi connectivity index (χ0v) is 10.1. The van der Waals surface area contributed by atoms with Gasteiger partial charge in [0.15, 0.2) is 0 Å². The molecule has 0 heterocycles. The van der Waals surface area contributed by atoms with Crippen LogP contribution in [-0.4, -0.2) is 11.9 Å². The van der Waals surface area contributed by atoms with E-state index in [1.807, 2.05) is 13.8 Å². The fourth-order valence-corrected chi connectivity index (χ4v) is 0.637. The van der Waals surface area contributed by atoms with E-state index in [1.165, 1.54) is 0 Å². The van der Waals surface area contributed by atoms with Crippen molar-refractivity contribution in [1.82, 2.24) is 0 Å². The third-order valence-corrected chi connectivity index (χ3v) is 1.14. The van der Waals surface area contributed by atoms with Crippen molar-refractivity contribution in [2.24, 2.45) is 0 Å². The first-order valence-electron chi connectivity index (χ1n) is 3.94. The zero-order valence-electron chi connectivity index (χ0n) is 9.05. The van der Waals surface area contributed by atoms with Crippen LogP contribution in [0.3, 0.4) is 0 Å². The largest absolute Gasteiger partial charge is 1.00 e. The molecule has 0 N–H and O–H groups in total. The van der Waals surface area contributed by atoms with Crippen LogP contribution in [0.5, 0.6) is 0 Å². The minimum absolute atomic E-state index is 0. The molecule has 0 atom stereocenters. The van der Waals surface area contributed by atoms with Gasteiger partial charge < -0.3 is 6.16 Å². The predicted octanol–water partition coefficient (Wildman–Crippen LogP) is -1.23. The van der Waals surface area contributed by atoms with Crippen LogP contribution in [0.25, 0.3) is 0 Å². The van der Waals surface area contributed by atoms with Crippen molar-refractivity contribution in [3.05, 3.63) is 0 Å². The predicted molar refractivity (Wildman–Crippen MR) is 42.0 cm³/mol. The second-order valence-corrected chi connectivity index (χ2v) is 2.35. The van der Waals surface area contributed by atoms with E-state index in [2.05, 4.69) is 4.74 Å². The second-order valence-electron chi connectivity index (χ2n) is 2.35. The fraction of sp³-hybridized carbons (Fsp3) is 0.750. The summed E-state index contributed by atoms with van der Waals surface area (Å²) >= 11 is 0. The number of rotatable bonds is 4. The maximum absolute atomic E-state index is 10.7. The van der Waals surface area contributed by atoms with E-state index >= 15 is 0 Å². The molecule has 0 aromatic heterocycles. The molecule has 0 aromatic carbocycles. The number of ether oxygens (including phenoxy) is 1. The van der Waals surface area contributed by atoms with Crippen molar-refractivity contribution >= 4 is 11.9 Å². The Labute approximate surface area is 96.6 Å². The Kier molecular flexibility index (Phi) is 11.3. The van der Waals surface area contributed by atoms with Crippen LogP contribution in [-0.2, 0) is 14.3 Å². The van der Waals surface area contributed by atoms with Crippen LogP contribution in [0.4, 0.5) is 0 Å². The Bertz CT molecular complexity index is 134. The normalized spacial score (nSPS) is 8.50. The summed E-state index contributed by atoms with van der Waals surface area (Å²) in [5.41, 5.74) is 0. The molecular weight excluding hydrogens is 167 g/mol. The summed E-state index contributed by atoms with van der Waals surface area (Å²) < 4.78 is 4.45. The van der Waals surface area contributed by atoms with Gasteiger partial charge in [0.2, 0.25) is 0 Å². The Morgan fingerprint density at radius 2 is 1.42 bits per heavy atom. The number of hydrogen-bond donors (Lipinski definition) is 0. The van der Waals surface area contributed by atoms with Gasteiger partial charge in [-0.3, -0.25) is 9.59 Å². The van der Waals surface area contributed by atoms with Crippen LogP contribution in [0.1, 0.15) is 41.0 Å². The zero-order chi connectivity index (χ0) is 8.69. The first-order valence-corrected chi connectivity index (χ1v) is 3.94. The van der Waals surface area contributed by atoms with E-state index in [1.54, 1.807) is 0 Å². The maximum atomic E-state index is 10.7. The molecule has 12 heavy (non-hydrogen) atoms. The SMILES string of the molecule is CCCC(=O)OC(=O)CCC.[H-].[Na+]. The van der Waals surface area contributed by atoms with Crippen molar-refractivity contribution in [3.63, 3.8) is 0 Å². The average Bonchev–Trinajstić information content (AvgIpc) is 1.87. The van der Waals surface area contributed by atoms with Crippen molar-refractivity contribution < 1.29 is 45.3 Å². The molecule has 0 radical (unpaired) electrons. The summed E-state index contributed by atoms with van der Waals surface area (Å²) in [6, 6.07) is 0. The van der Waals surface area contributed by atoms with Crippen molar-refractivity contribution in [2.45, 2.75) is 39.5 Å². The molecule has 0 spiro atoms. The molecule has 3 nitrogen and oxygen atoms in total. The molecule has 0 aliphatic carbocycles. The smallest absolute Gasteiger partial charge is 1.00 e. The average molecular weight is 182 g/mol. The molecule has 0 saturated carbocycles. The summed E-state index contributed by atoms with van der Waals surface area (Å²) in [5.74, 6) is -0.822. The van der Waals surface area contributed by atoms with Gasteiger partial charge in [0.1, 0.15) is 0 Å². The molecule has 0 amide bonds. The van der Waals surface area contributed by atoms with Crippen LogP contribution < -0.4 is 29.6 Å². The molecule has 0 saturated heterocycles. The summed E-state index contributed by atoms with van der Waals surface area (Å²) in [6.07, 6.45) is 2.10. The van der Waals surface area contributed by atoms with Gasteiger partial charge >= 0.3 is 41.5 Å². The number of carbonyl (C=O) groups excluding carboxylic acids is 2. The van der Waals surface area contributed by atoms with Crippen LogP contribution in [0.15, 0.2) is 0 Å². The molecule has 0 rings (SSSR count). The molecular formula is C8H15NaO3. The van der Waals surface area contributed by atoms with Crippen LogP contribution in [0, 0.1) is 0 Å². The Morgan fingerprint density at radius 1 is 1.08 bits per heavy atom. The van der Waals surface area contributed by atoms with Crippen molar-refractivity contribution in [1.29, 1.82) is 0 Å². The minimum Gasteiger partial charge on any atom is -1.00 e. The summed E-state index contributed by atoms with van der Waals surface area (Å²) in [6.45, 7) is 3.73. The minimum atomic E-state index is -0.411. The molecule has 0 fully saturated rings. The summed E-state index contributed by atoms with van der Waals surface area (Å²) in [5, 5.41) is 0. The Morgan fingerprint density at radius 3 is 1.67 bits per heavy atom. The van der Waals surface area contributed by atoms with E-state index in [0.29, 0.717) is 12.8 Å². The Hall–Kier alpha value is 0.140. The third kappa shape index (κ3) is 8.24. The van der Waals surface area contributed by atoms with E-state index in [4.69, 9.17) is 0 Å². The summed E-state index contributed by atoms with van der Waals surface area (Å²) in [4.78, 5) is 21.4. The topological polar surface area (TPSA) is 43.4 Å². The number of esters is 2. The number of carbonyl (C=O) groups is 2. The van der Waals surface area contributed by atoms with Gasteiger partial charge in [0.05, 0.1) is 0 Å². The third-order valence-electron chi connectivity index (χ3n) is 1.14. The van der Waals surface area contributed by atoms with E-state index in [-0.39, 0.29) is 31.0 Å². The molecule has 0 bridgehead atoms. The molecule has 4 heteroatoms. The molecule has 0 aliphatic rings. The van der Waals surface area contributed by atoms with E-state index < -0.39 is 11.9 Å². The monoisotopic (exact) mass is 182 g/mol. The van der Waals surface area contributed by atoms with Crippen molar-refractivity contribution in [3.8, 4) is 0 Å². The first-order chi connectivity index (χ1) is 5.20. The summed E-state index contributed by atoms with van der Waals surface area (Å²) in [7, 11) is 0. The number of hydrogen-bond acceptors (Lipinski definition) is 3. The quantitative estimate of drug-likeness (QED) is 0.311. The van der Waals surface area contributed by atoms with Gasteiger partial charge in [-0.15, -0.1) is 0 Å². The maximum Gasteiger partial charge on any atom is 1.00 e. The van der Waals surface area contributed by atoms with Gasteiger partial charge in [0.25, 0.3) is 0 Å². The fourth-order valence-electron chi connectivity index (χ4n) is 0.637. The van der Waals surface area contributed by atoms with Gasteiger partial charge in [-0.2, -0.15) is 0 Å².